The molecule has 0 aliphatic heterocycles. The van der Waals surface area contributed by atoms with E-state index in [0.717, 1.165) is 12.8 Å². The molecule has 1 aliphatic rings. The third-order valence-electron chi connectivity index (χ3n) is 3.60. The highest BCUT2D eigenvalue weighted by Crippen LogP contribution is 2.29. The second kappa shape index (κ2) is 4.48. The molecule has 93 valence electrons. The second-order valence-electron chi connectivity index (χ2n) is 4.70. The van der Waals surface area contributed by atoms with Gasteiger partial charge in [-0.3, -0.25) is 9.36 Å². The van der Waals surface area contributed by atoms with Crippen molar-refractivity contribution in [2.75, 3.05) is 0 Å². The van der Waals surface area contributed by atoms with Crippen LogP contribution in [0.2, 0.25) is 0 Å². The Kier molecular flexibility index (Phi) is 2.81. The van der Waals surface area contributed by atoms with Gasteiger partial charge in [0, 0.05) is 6.04 Å². The largest absolute Gasteiger partial charge is 0.287 e. The summed E-state index contributed by atoms with van der Waals surface area (Å²) >= 11 is 0. The number of rotatable bonds is 2. The molecule has 0 amide bonds. The summed E-state index contributed by atoms with van der Waals surface area (Å²) in [7, 11) is 0. The van der Waals surface area contributed by atoms with E-state index in [0.29, 0.717) is 23.3 Å². The van der Waals surface area contributed by atoms with Crippen LogP contribution in [-0.2, 0) is 6.42 Å². The molecule has 1 saturated carbocycles. The summed E-state index contributed by atoms with van der Waals surface area (Å²) in [4.78, 5) is 24.8. The van der Waals surface area contributed by atoms with Gasteiger partial charge in [0.05, 0.1) is 6.20 Å². The fraction of sp³-hybridized carbons (Fsp3) is 0.538. The molecule has 5 nitrogen and oxygen atoms in total. The molecule has 0 aromatic carbocycles. The first-order chi connectivity index (χ1) is 8.81. The Labute approximate surface area is 105 Å². The van der Waals surface area contributed by atoms with E-state index in [9.17, 15) is 4.79 Å². The van der Waals surface area contributed by atoms with Crippen LogP contribution in [0.25, 0.3) is 11.2 Å². The Morgan fingerprint density at radius 1 is 1.44 bits per heavy atom. The summed E-state index contributed by atoms with van der Waals surface area (Å²) < 4.78 is 1.81. The quantitative estimate of drug-likeness (QED) is 0.805. The van der Waals surface area contributed by atoms with Crippen molar-refractivity contribution < 1.29 is 0 Å². The fourth-order valence-electron chi connectivity index (χ4n) is 2.70. The molecular weight excluding hydrogens is 228 g/mol. The predicted molar refractivity (Wildman–Crippen MR) is 67.3 cm³/mol. The number of fused-ring (bicyclic) bond motifs is 1. The lowest BCUT2D eigenvalue weighted by atomic mass is 10.2. The third-order valence-corrected chi connectivity index (χ3v) is 3.60. The minimum absolute atomic E-state index is 0.00370. The molecule has 0 N–H and O–H groups in total. The first-order valence-corrected chi connectivity index (χ1v) is 6.45. The van der Waals surface area contributed by atoms with Crippen molar-refractivity contribution in [2.24, 2.45) is 0 Å². The minimum atomic E-state index is 0.00370. The van der Waals surface area contributed by atoms with Gasteiger partial charge in [0.2, 0.25) is 0 Å². The molecule has 18 heavy (non-hydrogen) atoms. The van der Waals surface area contributed by atoms with Gasteiger partial charge in [0.15, 0.2) is 12.0 Å². The van der Waals surface area contributed by atoms with E-state index in [4.69, 9.17) is 0 Å². The van der Waals surface area contributed by atoms with E-state index in [-0.39, 0.29) is 11.6 Å². The summed E-state index contributed by atoms with van der Waals surface area (Å²) in [5.74, 6) is 0. The molecule has 0 saturated heterocycles. The van der Waals surface area contributed by atoms with Crippen LogP contribution in [0.5, 0.6) is 0 Å². The van der Waals surface area contributed by atoms with Gasteiger partial charge >= 0.3 is 0 Å². The molecule has 0 unspecified atom stereocenters. The number of aryl methyl sites for hydroxylation is 1. The van der Waals surface area contributed by atoms with Crippen LogP contribution in [0.1, 0.15) is 44.3 Å². The molecule has 0 spiro atoms. The first-order valence-electron chi connectivity index (χ1n) is 6.45. The van der Waals surface area contributed by atoms with Crippen molar-refractivity contribution in [3.63, 3.8) is 0 Å². The van der Waals surface area contributed by atoms with Crippen molar-refractivity contribution in [1.82, 2.24) is 19.5 Å². The Morgan fingerprint density at radius 3 is 2.94 bits per heavy atom. The van der Waals surface area contributed by atoms with Crippen LogP contribution < -0.4 is 5.56 Å². The average Bonchev–Trinajstić information content (AvgIpc) is 2.91. The van der Waals surface area contributed by atoms with Crippen molar-refractivity contribution in [1.29, 1.82) is 0 Å². The molecule has 2 aromatic rings. The maximum Gasteiger partial charge on any atom is 0.274 e. The normalized spacial score (nSPS) is 16.5. The van der Waals surface area contributed by atoms with Crippen LogP contribution in [0.15, 0.2) is 11.0 Å². The van der Waals surface area contributed by atoms with Crippen LogP contribution in [0, 0.1) is 6.33 Å². The van der Waals surface area contributed by atoms with Gasteiger partial charge in [-0.25, -0.2) is 15.0 Å². The van der Waals surface area contributed by atoms with E-state index < -0.39 is 0 Å². The Hall–Kier alpha value is -1.78. The molecule has 1 radical (unpaired) electrons. The molecule has 5 heteroatoms. The number of nitrogens with zero attached hydrogens (tertiary/aromatic N) is 4. The number of hydrogen-bond donors (Lipinski definition) is 0. The van der Waals surface area contributed by atoms with Gasteiger partial charge in [0.1, 0.15) is 11.2 Å². The van der Waals surface area contributed by atoms with Gasteiger partial charge in [-0.05, 0) is 19.3 Å². The Morgan fingerprint density at radius 2 is 2.22 bits per heavy atom. The third kappa shape index (κ3) is 1.70. The van der Waals surface area contributed by atoms with E-state index in [1.165, 1.54) is 12.8 Å². The van der Waals surface area contributed by atoms with Gasteiger partial charge in [-0.1, -0.05) is 19.8 Å². The summed E-state index contributed by atoms with van der Waals surface area (Å²) in [6.45, 7) is 1.95. The van der Waals surface area contributed by atoms with Gasteiger partial charge in [-0.2, -0.15) is 0 Å². The Bertz CT molecular complexity index is 628. The smallest absolute Gasteiger partial charge is 0.274 e. The monoisotopic (exact) mass is 243 g/mol. The standard InChI is InChI=1S/C13H15N4O/c1-2-10-13(18)17(9-5-3-4-6-9)12-11(16-10)7-14-8-15-12/h7,9H,2-6H2,1H3. The summed E-state index contributed by atoms with van der Waals surface area (Å²) in [6, 6.07) is 0.261. The lowest BCUT2D eigenvalue weighted by Crippen LogP contribution is -2.28. The van der Waals surface area contributed by atoms with Crippen LogP contribution in [-0.4, -0.2) is 19.5 Å². The maximum atomic E-state index is 12.4. The summed E-state index contributed by atoms with van der Waals surface area (Å²) in [5.41, 5.74) is 1.92. The van der Waals surface area contributed by atoms with Crippen molar-refractivity contribution >= 4 is 11.2 Å². The highest BCUT2D eigenvalue weighted by Gasteiger charge is 2.22. The number of aromatic nitrogens is 4. The van der Waals surface area contributed by atoms with Crippen LogP contribution in [0.4, 0.5) is 0 Å². The zero-order valence-corrected chi connectivity index (χ0v) is 10.4. The fourth-order valence-corrected chi connectivity index (χ4v) is 2.70. The van der Waals surface area contributed by atoms with Crippen molar-refractivity contribution in [2.45, 2.75) is 45.1 Å². The van der Waals surface area contributed by atoms with E-state index in [1.54, 1.807) is 6.20 Å². The van der Waals surface area contributed by atoms with Crippen molar-refractivity contribution in [3.8, 4) is 0 Å². The van der Waals surface area contributed by atoms with Crippen LogP contribution >= 0.6 is 0 Å². The molecule has 3 rings (SSSR count). The molecule has 0 atom stereocenters. The predicted octanol–water partition coefficient (Wildman–Crippen LogP) is 1.66. The molecule has 1 fully saturated rings. The summed E-state index contributed by atoms with van der Waals surface area (Å²) in [5, 5.41) is 0. The first kappa shape index (κ1) is 11.3. The molecule has 1 aliphatic carbocycles. The lowest BCUT2D eigenvalue weighted by molar-refractivity contribution is 0.510. The summed E-state index contributed by atoms with van der Waals surface area (Å²) in [6.07, 6.45) is 9.29. The average molecular weight is 243 g/mol. The van der Waals surface area contributed by atoms with Crippen molar-refractivity contribution in [3.05, 3.63) is 28.6 Å². The van der Waals surface area contributed by atoms with Gasteiger partial charge in [-0.15, -0.1) is 0 Å². The zero-order chi connectivity index (χ0) is 12.5. The van der Waals surface area contributed by atoms with Crippen LogP contribution in [0.3, 0.4) is 0 Å². The van der Waals surface area contributed by atoms with E-state index in [1.807, 2.05) is 11.5 Å². The maximum absolute atomic E-state index is 12.4. The van der Waals surface area contributed by atoms with E-state index >= 15 is 0 Å². The zero-order valence-electron chi connectivity index (χ0n) is 10.4. The molecular formula is C13H15N4O. The molecule has 2 aromatic heterocycles. The Balaban J connectivity index is 2.31. The second-order valence-corrected chi connectivity index (χ2v) is 4.70. The lowest BCUT2D eigenvalue weighted by Gasteiger charge is -2.16. The minimum Gasteiger partial charge on any atom is -0.287 e. The highest BCUT2D eigenvalue weighted by molar-refractivity contribution is 5.68. The molecule has 2 heterocycles. The van der Waals surface area contributed by atoms with E-state index in [2.05, 4.69) is 21.3 Å². The number of hydrogen-bond acceptors (Lipinski definition) is 4. The molecule has 0 bridgehead atoms. The topological polar surface area (TPSA) is 60.7 Å². The SMILES string of the molecule is CCc1nc2cn[c]nc2n(C2CCCC2)c1=O. The highest BCUT2D eigenvalue weighted by atomic mass is 16.1. The van der Waals surface area contributed by atoms with Gasteiger partial charge in [0.25, 0.3) is 5.56 Å². The van der Waals surface area contributed by atoms with Gasteiger partial charge < -0.3 is 0 Å².